The number of nitrogens with one attached hydrogen (secondary N) is 1. The first kappa shape index (κ1) is 24.4. The van der Waals surface area contributed by atoms with Gasteiger partial charge in [0, 0.05) is 45.2 Å². The molecule has 160 valence electrons. The molecule has 1 heterocycles. The molecule has 0 bridgehead atoms. The predicted molar refractivity (Wildman–Crippen MR) is 116 cm³/mol. The topological polar surface area (TPSA) is 61.9 Å². The van der Waals surface area contributed by atoms with E-state index in [1.54, 1.807) is 23.9 Å². The third kappa shape index (κ3) is 9.55. The van der Waals surface area contributed by atoms with Crippen molar-refractivity contribution in [3.63, 3.8) is 0 Å². The Morgan fingerprint density at radius 1 is 1.04 bits per heavy atom. The average Bonchev–Trinajstić information content (AvgIpc) is 2.99. The normalized spacial score (nSPS) is 12.0. The van der Waals surface area contributed by atoms with Crippen LogP contribution in [0.4, 0.5) is 4.79 Å². The van der Waals surface area contributed by atoms with Crippen LogP contribution >= 0.6 is 11.3 Å². The highest BCUT2D eigenvalue weighted by molar-refractivity contribution is 7.14. The number of nitrogens with zero attached hydrogens (tertiary/aromatic N) is 2. The number of thiophene rings is 1. The zero-order valence-electron chi connectivity index (χ0n) is 18.7. The molecule has 1 N–H and O–H groups in total. The number of carbonyl (C=O) groups is 2. The van der Waals surface area contributed by atoms with Crippen LogP contribution in [-0.2, 0) is 11.3 Å². The van der Waals surface area contributed by atoms with Crippen LogP contribution in [0.3, 0.4) is 0 Å². The van der Waals surface area contributed by atoms with Crippen molar-refractivity contribution < 1.29 is 14.3 Å². The molecular formula is C21H37N3O3S. The molecule has 7 heteroatoms. The first-order chi connectivity index (χ1) is 12.8. The van der Waals surface area contributed by atoms with Gasteiger partial charge in [-0.2, -0.15) is 0 Å². The van der Waals surface area contributed by atoms with Gasteiger partial charge < -0.3 is 19.9 Å². The van der Waals surface area contributed by atoms with Gasteiger partial charge >= 0.3 is 6.09 Å². The summed E-state index contributed by atoms with van der Waals surface area (Å²) in [4.78, 5) is 29.7. The third-order valence-corrected chi connectivity index (χ3v) is 4.94. The van der Waals surface area contributed by atoms with E-state index in [2.05, 4.69) is 26.1 Å². The van der Waals surface area contributed by atoms with E-state index in [1.807, 2.05) is 32.9 Å². The Hall–Kier alpha value is -1.60. The van der Waals surface area contributed by atoms with Gasteiger partial charge in [-0.1, -0.05) is 20.8 Å². The van der Waals surface area contributed by atoms with Crippen LogP contribution in [0.15, 0.2) is 12.1 Å². The molecule has 6 nitrogen and oxygen atoms in total. The molecule has 0 unspecified atom stereocenters. The van der Waals surface area contributed by atoms with E-state index in [9.17, 15) is 9.59 Å². The van der Waals surface area contributed by atoms with Crippen molar-refractivity contribution in [1.29, 1.82) is 0 Å². The van der Waals surface area contributed by atoms with E-state index >= 15 is 0 Å². The molecule has 0 atom stereocenters. The number of amides is 2. The minimum Gasteiger partial charge on any atom is -0.444 e. The van der Waals surface area contributed by atoms with E-state index in [1.165, 1.54) is 11.3 Å². The predicted octanol–water partition coefficient (Wildman–Crippen LogP) is 4.21. The molecular weight excluding hydrogens is 374 g/mol. The summed E-state index contributed by atoms with van der Waals surface area (Å²) in [6.45, 7) is 15.0. The SMILES string of the molecule is CN(CCCN(C)C(=O)c1ccc(CNCC(C)(C)C)s1)C(=O)OC(C)(C)C. The molecule has 0 aromatic carbocycles. The smallest absolute Gasteiger partial charge is 0.410 e. The Kier molecular flexibility index (Phi) is 8.95. The number of hydrogen-bond acceptors (Lipinski definition) is 5. The molecule has 2 amide bonds. The van der Waals surface area contributed by atoms with E-state index in [4.69, 9.17) is 4.74 Å². The Morgan fingerprint density at radius 2 is 1.64 bits per heavy atom. The second-order valence-corrected chi connectivity index (χ2v) is 10.6. The molecule has 0 radical (unpaired) electrons. The largest absolute Gasteiger partial charge is 0.444 e. The van der Waals surface area contributed by atoms with E-state index in [0.717, 1.165) is 22.8 Å². The lowest BCUT2D eigenvalue weighted by atomic mass is 9.97. The molecule has 0 aliphatic carbocycles. The number of ether oxygens (including phenoxy) is 1. The van der Waals surface area contributed by atoms with Gasteiger partial charge in [-0.25, -0.2) is 4.79 Å². The maximum absolute atomic E-state index is 12.6. The molecule has 0 aliphatic heterocycles. The molecule has 1 rings (SSSR count). The van der Waals surface area contributed by atoms with Crippen molar-refractivity contribution in [2.24, 2.45) is 5.41 Å². The summed E-state index contributed by atoms with van der Waals surface area (Å²) in [6, 6.07) is 3.90. The minimum absolute atomic E-state index is 0.0204. The number of hydrogen-bond donors (Lipinski definition) is 1. The van der Waals surface area contributed by atoms with Gasteiger partial charge in [0.1, 0.15) is 5.60 Å². The van der Waals surface area contributed by atoms with Gasteiger partial charge in [0.25, 0.3) is 5.91 Å². The van der Waals surface area contributed by atoms with Gasteiger partial charge in [0.2, 0.25) is 0 Å². The van der Waals surface area contributed by atoms with Crippen molar-refractivity contribution in [3.05, 3.63) is 21.9 Å². The van der Waals surface area contributed by atoms with Gasteiger partial charge in [0.15, 0.2) is 0 Å². The maximum atomic E-state index is 12.6. The first-order valence-electron chi connectivity index (χ1n) is 9.77. The van der Waals surface area contributed by atoms with Crippen LogP contribution in [-0.4, -0.2) is 61.1 Å². The standard InChI is InChI=1S/C21H37N3O3S/c1-20(2,3)15-22-14-16-10-11-17(28-16)18(25)23(7)12-9-13-24(8)19(26)27-21(4,5)6/h10-11,22H,9,12-15H2,1-8H3. The van der Waals surface area contributed by atoms with Crippen molar-refractivity contribution in [2.75, 3.05) is 33.7 Å². The molecule has 1 aromatic rings. The molecule has 0 fully saturated rings. The lowest BCUT2D eigenvalue weighted by Gasteiger charge is -2.25. The minimum atomic E-state index is -0.503. The van der Waals surface area contributed by atoms with Crippen molar-refractivity contribution in [3.8, 4) is 0 Å². The van der Waals surface area contributed by atoms with Crippen LogP contribution in [0.1, 0.15) is 62.5 Å². The van der Waals surface area contributed by atoms with Gasteiger partial charge in [-0.15, -0.1) is 11.3 Å². The maximum Gasteiger partial charge on any atom is 0.410 e. The highest BCUT2D eigenvalue weighted by Crippen LogP contribution is 2.19. The molecule has 0 saturated heterocycles. The summed E-state index contributed by atoms with van der Waals surface area (Å²) in [5, 5.41) is 3.43. The number of rotatable bonds is 8. The van der Waals surface area contributed by atoms with Crippen LogP contribution < -0.4 is 5.32 Å². The fraction of sp³-hybridized carbons (Fsp3) is 0.714. The molecule has 28 heavy (non-hydrogen) atoms. The third-order valence-electron chi connectivity index (χ3n) is 3.87. The zero-order valence-corrected chi connectivity index (χ0v) is 19.5. The van der Waals surface area contributed by atoms with E-state index < -0.39 is 5.60 Å². The van der Waals surface area contributed by atoms with E-state index in [0.29, 0.717) is 19.5 Å². The zero-order chi connectivity index (χ0) is 21.5. The summed E-state index contributed by atoms with van der Waals surface area (Å²) in [7, 11) is 3.51. The first-order valence-corrected chi connectivity index (χ1v) is 10.6. The highest BCUT2D eigenvalue weighted by atomic mass is 32.1. The van der Waals surface area contributed by atoms with E-state index in [-0.39, 0.29) is 17.4 Å². The van der Waals surface area contributed by atoms with Crippen LogP contribution in [0.5, 0.6) is 0 Å². The molecule has 0 saturated carbocycles. The van der Waals surface area contributed by atoms with Crippen molar-refractivity contribution >= 4 is 23.3 Å². The van der Waals surface area contributed by atoms with Crippen LogP contribution in [0.2, 0.25) is 0 Å². The lowest BCUT2D eigenvalue weighted by Crippen LogP contribution is -2.36. The molecule has 0 aliphatic rings. The Bertz CT molecular complexity index is 644. The Morgan fingerprint density at radius 3 is 2.21 bits per heavy atom. The van der Waals surface area contributed by atoms with Crippen LogP contribution in [0, 0.1) is 5.41 Å². The summed E-state index contributed by atoms with van der Waals surface area (Å²) >= 11 is 1.53. The second-order valence-electron chi connectivity index (χ2n) is 9.41. The fourth-order valence-electron chi connectivity index (χ4n) is 2.41. The summed E-state index contributed by atoms with van der Waals surface area (Å²) in [5.74, 6) is 0.0204. The van der Waals surface area contributed by atoms with Gasteiger partial charge in [-0.05, 0) is 44.7 Å². The monoisotopic (exact) mass is 411 g/mol. The fourth-order valence-corrected chi connectivity index (χ4v) is 3.39. The lowest BCUT2D eigenvalue weighted by molar-refractivity contribution is 0.0294. The van der Waals surface area contributed by atoms with Crippen molar-refractivity contribution in [2.45, 2.75) is 60.1 Å². The quantitative estimate of drug-likeness (QED) is 0.696. The summed E-state index contributed by atoms with van der Waals surface area (Å²) in [6.07, 6.45) is 0.357. The van der Waals surface area contributed by atoms with Crippen LogP contribution in [0.25, 0.3) is 0 Å². The highest BCUT2D eigenvalue weighted by Gasteiger charge is 2.20. The van der Waals surface area contributed by atoms with Gasteiger partial charge in [0.05, 0.1) is 4.88 Å². The summed E-state index contributed by atoms with van der Waals surface area (Å²) in [5.41, 5.74) is -0.265. The Labute approximate surface area is 174 Å². The molecule has 1 aromatic heterocycles. The molecule has 0 spiro atoms. The average molecular weight is 412 g/mol. The Balaban J connectivity index is 2.41. The number of carbonyl (C=O) groups excluding carboxylic acids is 2. The van der Waals surface area contributed by atoms with Gasteiger partial charge in [-0.3, -0.25) is 4.79 Å². The second kappa shape index (κ2) is 10.3. The van der Waals surface area contributed by atoms with Crippen molar-refractivity contribution in [1.82, 2.24) is 15.1 Å². The summed E-state index contributed by atoms with van der Waals surface area (Å²) < 4.78 is 5.33.